The first kappa shape index (κ1) is 25.5. The first-order valence-electron chi connectivity index (χ1n) is 10.1. The molecule has 0 bridgehead atoms. The molecule has 0 fully saturated rings. The first-order chi connectivity index (χ1) is 16.5. The van der Waals surface area contributed by atoms with Crippen molar-refractivity contribution in [3.63, 3.8) is 0 Å². The van der Waals surface area contributed by atoms with Crippen molar-refractivity contribution in [3.8, 4) is 21.7 Å². The zero-order valence-corrected chi connectivity index (χ0v) is 21.3. The molecule has 3 aromatic heterocycles. The molecule has 35 heavy (non-hydrogen) atoms. The highest BCUT2D eigenvalue weighted by molar-refractivity contribution is 8.02. The summed E-state index contributed by atoms with van der Waals surface area (Å²) in [6.45, 7) is 2.13. The molecule has 2 N–H and O–H groups in total. The predicted octanol–water partition coefficient (Wildman–Crippen LogP) is 8.48. The van der Waals surface area contributed by atoms with Crippen molar-refractivity contribution in [2.45, 2.75) is 20.9 Å². The first-order valence-corrected chi connectivity index (χ1v) is 14.0. The fourth-order valence-electron chi connectivity index (χ4n) is 3.28. The molecule has 0 aliphatic carbocycles. The molecule has 0 atom stereocenters. The standard InChI is InChI=1S/C23H17NS3.CHF3O3S/c1-15-8-10-16(11-9-15)22-17-5-2-3-6-18(17)24-23(22)19-12-13-21(26-19)27-20-7-4-14-25-20;2-1(3,4)8(5,6)7/h2-14,24H,1H3;(H,5,6,7). The minimum Gasteiger partial charge on any atom is -0.353 e. The van der Waals surface area contributed by atoms with E-state index in [0.29, 0.717) is 0 Å². The fraction of sp³-hybridized carbons (Fsp3) is 0.0833. The highest BCUT2D eigenvalue weighted by Gasteiger charge is 2.44. The smallest absolute Gasteiger partial charge is 0.353 e. The largest absolute Gasteiger partial charge is 0.522 e. The quantitative estimate of drug-likeness (QED) is 0.173. The summed E-state index contributed by atoms with van der Waals surface area (Å²) in [6, 6.07) is 26.2. The summed E-state index contributed by atoms with van der Waals surface area (Å²) in [5, 5.41) is 3.40. The average molecular weight is 554 g/mol. The maximum absolute atomic E-state index is 10.7. The SMILES string of the molecule is Cc1ccc(-c2c(-c3ccc(Sc4cccs4)s3)[nH]c3ccccc23)cc1.O=S(=O)(O)C(F)(F)F. The van der Waals surface area contributed by atoms with Crippen molar-refractivity contribution < 1.29 is 26.1 Å². The molecule has 5 aromatic rings. The van der Waals surface area contributed by atoms with Crippen molar-refractivity contribution in [1.82, 2.24) is 4.98 Å². The van der Waals surface area contributed by atoms with Crippen molar-refractivity contribution in [2.24, 2.45) is 0 Å². The van der Waals surface area contributed by atoms with Crippen molar-refractivity contribution in [2.75, 3.05) is 0 Å². The van der Waals surface area contributed by atoms with E-state index in [-0.39, 0.29) is 0 Å². The van der Waals surface area contributed by atoms with Crippen LogP contribution in [0.15, 0.2) is 86.6 Å². The molecule has 0 aliphatic rings. The number of alkyl halides is 3. The summed E-state index contributed by atoms with van der Waals surface area (Å²) < 4.78 is 60.2. The number of thiophene rings is 2. The van der Waals surface area contributed by atoms with Crippen molar-refractivity contribution >= 4 is 55.5 Å². The molecular weight excluding hydrogens is 536 g/mol. The minimum absolute atomic E-state index is 1.18. The minimum atomic E-state index is -5.84. The van der Waals surface area contributed by atoms with Gasteiger partial charge < -0.3 is 4.98 Å². The Hall–Kier alpha value is -2.57. The Balaban J connectivity index is 0.000000314. The van der Waals surface area contributed by atoms with Gasteiger partial charge in [-0.05, 0) is 42.1 Å². The van der Waals surface area contributed by atoms with Gasteiger partial charge in [-0.25, -0.2) is 0 Å². The number of aromatic nitrogens is 1. The van der Waals surface area contributed by atoms with Gasteiger partial charge in [-0.1, -0.05) is 65.9 Å². The lowest BCUT2D eigenvalue weighted by Crippen LogP contribution is -2.21. The van der Waals surface area contributed by atoms with Gasteiger partial charge in [0.15, 0.2) is 0 Å². The monoisotopic (exact) mass is 553 g/mol. The maximum atomic E-state index is 10.7. The van der Waals surface area contributed by atoms with E-state index in [0.717, 1.165) is 0 Å². The molecule has 0 saturated carbocycles. The van der Waals surface area contributed by atoms with Crippen LogP contribution in [0.25, 0.3) is 32.6 Å². The number of hydrogen-bond donors (Lipinski definition) is 2. The number of benzene rings is 2. The summed E-state index contributed by atoms with van der Waals surface area (Å²) in [6.07, 6.45) is 0. The van der Waals surface area contributed by atoms with Crippen LogP contribution in [0.1, 0.15) is 5.56 Å². The number of rotatable bonds is 4. The Morgan fingerprint density at radius 3 is 2.23 bits per heavy atom. The van der Waals surface area contributed by atoms with E-state index < -0.39 is 15.6 Å². The molecule has 182 valence electrons. The Morgan fingerprint density at radius 2 is 1.60 bits per heavy atom. The van der Waals surface area contributed by atoms with Gasteiger partial charge in [0.2, 0.25) is 0 Å². The third-order valence-corrected chi connectivity index (χ3v) is 8.72. The number of aryl methyl sites for hydroxylation is 1. The second-order valence-corrected chi connectivity index (χ2v) is 12.4. The van der Waals surface area contributed by atoms with Gasteiger partial charge in [-0.3, -0.25) is 4.55 Å². The normalized spacial score (nSPS) is 11.9. The van der Waals surface area contributed by atoms with Crippen LogP contribution in [-0.4, -0.2) is 23.5 Å². The topological polar surface area (TPSA) is 70.2 Å². The number of para-hydroxylation sites is 1. The molecule has 0 spiro atoms. The van der Waals surface area contributed by atoms with Crippen molar-refractivity contribution in [1.29, 1.82) is 0 Å². The van der Waals surface area contributed by atoms with Gasteiger partial charge >= 0.3 is 15.6 Å². The molecule has 2 aromatic carbocycles. The van der Waals surface area contributed by atoms with Crippen LogP contribution in [0.4, 0.5) is 13.2 Å². The van der Waals surface area contributed by atoms with E-state index in [2.05, 4.69) is 90.1 Å². The van der Waals surface area contributed by atoms with Crippen LogP contribution in [0.2, 0.25) is 0 Å². The number of nitrogens with one attached hydrogen (secondary N) is 1. The van der Waals surface area contributed by atoms with E-state index in [1.54, 1.807) is 11.3 Å². The molecule has 0 aliphatic heterocycles. The molecule has 0 unspecified atom stereocenters. The van der Waals surface area contributed by atoms with E-state index in [1.807, 2.05) is 23.1 Å². The average Bonchev–Trinajstić information content (AvgIpc) is 3.53. The van der Waals surface area contributed by atoms with Crippen LogP contribution in [0.3, 0.4) is 0 Å². The fourth-order valence-corrected chi connectivity index (χ4v) is 6.44. The second-order valence-electron chi connectivity index (χ2n) is 7.36. The summed E-state index contributed by atoms with van der Waals surface area (Å²) >= 11 is 5.48. The Morgan fingerprint density at radius 1 is 0.914 bits per heavy atom. The zero-order valence-electron chi connectivity index (χ0n) is 18.0. The van der Waals surface area contributed by atoms with Gasteiger partial charge in [0.05, 0.1) is 19.0 Å². The molecule has 0 radical (unpaired) electrons. The number of hydrogen-bond acceptors (Lipinski definition) is 5. The molecular formula is C24H18F3NO3S4. The Bertz CT molecular complexity index is 1540. The summed E-state index contributed by atoms with van der Waals surface area (Å²) in [5.41, 5.74) is 0.694. The summed E-state index contributed by atoms with van der Waals surface area (Å²) in [7, 11) is -5.84. The summed E-state index contributed by atoms with van der Waals surface area (Å²) in [5.74, 6) is 0. The third kappa shape index (κ3) is 5.99. The predicted molar refractivity (Wildman–Crippen MR) is 138 cm³/mol. The number of halogens is 3. The summed E-state index contributed by atoms with van der Waals surface area (Å²) in [4.78, 5) is 4.95. The zero-order chi connectivity index (χ0) is 25.2. The molecule has 5 rings (SSSR count). The second kappa shape index (κ2) is 10.2. The van der Waals surface area contributed by atoms with Crippen molar-refractivity contribution in [3.05, 3.63) is 83.7 Å². The van der Waals surface area contributed by atoms with Gasteiger partial charge in [0.25, 0.3) is 0 Å². The third-order valence-electron chi connectivity index (χ3n) is 4.86. The molecule has 0 saturated heterocycles. The van der Waals surface area contributed by atoms with Gasteiger partial charge in [0.1, 0.15) is 0 Å². The van der Waals surface area contributed by atoms with Crippen LogP contribution in [-0.2, 0) is 10.1 Å². The molecule has 4 nitrogen and oxygen atoms in total. The molecule has 3 heterocycles. The Kier molecular flexibility index (Phi) is 7.43. The number of aromatic amines is 1. The van der Waals surface area contributed by atoms with Crippen LogP contribution in [0.5, 0.6) is 0 Å². The van der Waals surface area contributed by atoms with Gasteiger partial charge in [0, 0.05) is 16.5 Å². The lowest BCUT2D eigenvalue weighted by Gasteiger charge is -2.05. The highest BCUT2D eigenvalue weighted by atomic mass is 32.2. The molecule has 11 heteroatoms. The van der Waals surface area contributed by atoms with Crippen LogP contribution in [0, 0.1) is 6.92 Å². The Labute approximate surface area is 212 Å². The maximum Gasteiger partial charge on any atom is 0.522 e. The van der Waals surface area contributed by atoms with Crippen LogP contribution >= 0.6 is 34.4 Å². The lowest BCUT2D eigenvalue weighted by molar-refractivity contribution is -0.0510. The van der Waals surface area contributed by atoms with Crippen LogP contribution < -0.4 is 0 Å². The lowest BCUT2D eigenvalue weighted by atomic mass is 10.0. The van der Waals surface area contributed by atoms with Gasteiger partial charge in [-0.15, -0.1) is 22.7 Å². The van der Waals surface area contributed by atoms with Gasteiger partial charge in [-0.2, -0.15) is 21.6 Å². The number of fused-ring (bicyclic) bond motifs is 1. The molecule has 0 amide bonds. The highest BCUT2D eigenvalue weighted by Crippen LogP contribution is 2.44. The number of H-pyrrole nitrogens is 1. The van der Waals surface area contributed by atoms with E-state index >= 15 is 0 Å². The van der Waals surface area contributed by atoms with E-state index in [9.17, 15) is 13.2 Å². The van der Waals surface area contributed by atoms with E-state index in [4.69, 9.17) is 13.0 Å². The van der Waals surface area contributed by atoms with E-state index in [1.165, 1.54) is 46.6 Å².